The molecule has 3 aliphatic rings. The molecule has 1 fully saturated rings. The Labute approximate surface area is 173 Å². The van der Waals surface area contributed by atoms with Gasteiger partial charge in [-0.25, -0.2) is 9.69 Å². The highest BCUT2D eigenvalue weighted by Crippen LogP contribution is 2.37. The standard InChI is InChI=1S/C21H22N6O3/c1-12-5-3-7-15-18-17(12)25-21(28)27(18)16-9-8-14(19-22-11-23-26-19)20(24-16)29-10-4-6-13(2)30-15/h3,7-9,11,13,17H,1,4-6,10H2,2H3,(H,25,28)(H,22,23,26). The lowest BCUT2D eigenvalue weighted by atomic mass is 10.0. The smallest absolute Gasteiger partial charge is 0.328 e. The monoisotopic (exact) mass is 406 g/mol. The van der Waals surface area contributed by atoms with E-state index in [2.05, 4.69) is 32.1 Å². The Balaban J connectivity index is 1.67. The number of nitrogens with one attached hydrogen (secondary N) is 2. The van der Waals surface area contributed by atoms with Gasteiger partial charge >= 0.3 is 6.03 Å². The van der Waals surface area contributed by atoms with Gasteiger partial charge in [0, 0.05) is 0 Å². The van der Waals surface area contributed by atoms with Crippen LogP contribution < -0.4 is 15.0 Å². The molecule has 2 amide bonds. The van der Waals surface area contributed by atoms with E-state index in [4.69, 9.17) is 9.47 Å². The molecule has 2 aromatic heterocycles. The van der Waals surface area contributed by atoms with E-state index >= 15 is 0 Å². The Morgan fingerprint density at radius 3 is 3.07 bits per heavy atom. The minimum atomic E-state index is -0.335. The highest BCUT2D eigenvalue weighted by Gasteiger charge is 2.41. The van der Waals surface area contributed by atoms with E-state index in [-0.39, 0.29) is 18.2 Å². The first kappa shape index (κ1) is 18.4. The molecular formula is C21H22N6O3. The topological polar surface area (TPSA) is 105 Å². The van der Waals surface area contributed by atoms with Gasteiger partial charge in [0.1, 0.15) is 17.9 Å². The minimum absolute atomic E-state index is 0.0372. The highest BCUT2D eigenvalue weighted by molar-refractivity contribution is 5.99. The number of hydrogen-bond donors (Lipinski definition) is 2. The number of urea groups is 1. The normalized spacial score (nSPS) is 23.6. The number of anilines is 1. The van der Waals surface area contributed by atoms with E-state index in [1.54, 1.807) is 11.0 Å². The first-order valence-corrected chi connectivity index (χ1v) is 9.97. The zero-order valence-corrected chi connectivity index (χ0v) is 16.6. The molecule has 2 bridgehead atoms. The summed E-state index contributed by atoms with van der Waals surface area (Å²) in [6, 6.07) is 2.99. The lowest BCUT2D eigenvalue weighted by molar-refractivity contribution is 0.121. The second-order valence-electron chi connectivity index (χ2n) is 7.51. The molecule has 4 heterocycles. The summed E-state index contributed by atoms with van der Waals surface area (Å²) in [5.41, 5.74) is 2.29. The molecule has 2 unspecified atom stereocenters. The number of aromatic nitrogens is 4. The van der Waals surface area contributed by atoms with Gasteiger partial charge in [-0.15, -0.1) is 10.2 Å². The van der Waals surface area contributed by atoms with E-state index in [9.17, 15) is 4.79 Å². The van der Waals surface area contributed by atoms with Gasteiger partial charge in [-0.2, -0.15) is 4.98 Å². The molecule has 1 aliphatic carbocycles. The van der Waals surface area contributed by atoms with Crippen LogP contribution in [0.1, 0.15) is 26.2 Å². The van der Waals surface area contributed by atoms with Crippen molar-refractivity contribution in [3.63, 3.8) is 0 Å². The summed E-state index contributed by atoms with van der Waals surface area (Å²) >= 11 is 0. The zero-order valence-electron chi connectivity index (χ0n) is 16.6. The number of allylic oxidation sites excluding steroid dienone is 2. The van der Waals surface area contributed by atoms with Gasteiger partial charge in [-0.05, 0) is 50.0 Å². The molecule has 9 heteroatoms. The number of hydrogen-bond acceptors (Lipinski definition) is 6. The molecule has 2 aromatic rings. The van der Waals surface area contributed by atoms with Crippen LogP contribution in [0.15, 0.2) is 54.2 Å². The zero-order chi connectivity index (χ0) is 20.7. The number of fused-ring (bicyclic) bond motifs is 3. The molecule has 2 aliphatic heterocycles. The number of amides is 2. The molecule has 2 N–H and O–H groups in total. The Kier molecular flexibility index (Phi) is 4.50. The Morgan fingerprint density at radius 1 is 1.33 bits per heavy atom. The molecule has 0 aromatic carbocycles. The van der Waals surface area contributed by atoms with Gasteiger partial charge in [-0.1, -0.05) is 12.7 Å². The third-order valence-electron chi connectivity index (χ3n) is 5.36. The molecule has 0 saturated carbocycles. The Morgan fingerprint density at radius 2 is 2.23 bits per heavy atom. The summed E-state index contributed by atoms with van der Waals surface area (Å²) in [6.45, 7) is 6.65. The summed E-state index contributed by atoms with van der Waals surface area (Å²) in [4.78, 5) is 22.2. The van der Waals surface area contributed by atoms with Crippen molar-refractivity contribution in [2.45, 2.75) is 38.3 Å². The lowest BCUT2D eigenvalue weighted by Crippen LogP contribution is -2.29. The maximum Gasteiger partial charge on any atom is 0.328 e. The highest BCUT2D eigenvalue weighted by atomic mass is 16.5. The van der Waals surface area contributed by atoms with Gasteiger partial charge in [-0.3, -0.25) is 0 Å². The van der Waals surface area contributed by atoms with Crippen molar-refractivity contribution in [1.82, 2.24) is 25.5 Å². The van der Waals surface area contributed by atoms with Crippen LogP contribution in [0.25, 0.3) is 11.4 Å². The van der Waals surface area contributed by atoms with Crippen molar-refractivity contribution in [3.05, 3.63) is 54.2 Å². The quantitative estimate of drug-likeness (QED) is 0.705. The molecule has 1 saturated heterocycles. The maximum atomic E-state index is 13.0. The number of aromatic amines is 1. The van der Waals surface area contributed by atoms with Crippen LogP contribution in [-0.2, 0) is 4.74 Å². The molecule has 30 heavy (non-hydrogen) atoms. The Hall–Kier alpha value is -3.62. The van der Waals surface area contributed by atoms with Gasteiger partial charge in [0.25, 0.3) is 0 Å². The summed E-state index contributed by atoms with van der Waals surface area (Å²) in [5.74, 6) is 2.07. The molecular weight excluding hydrogens is 384 g/mol. The van der Waals surface area contributed by atoms with Gasteiger partial charge in [0.15, 0.2) is 5.82 Å². The SMILES string of the molecule is C=C1CC=CC2=C3C1NC(=O)N3c1ccc(-c3nnc[nH]3)c(n1)OCCCC(C)O2. The summed E-state index contributed by atoms with van der Waals surface area (Å²) in [6.07, 6.45) is 7.67. The predicted molar refractivity (Wildman–Crippen MR) is 110 cm³/mol. The van der Waals surface area contributed by atoms with Crippen LogP contribution in [0, 0.1) is 0 Å². The van der Waals surface area contributed by atoms with E-state index < -0.39 is 0 Å². The van der Waals surface area contributed by atoms with Gasteiger partial charge < -0.3 is 19.8 Å². The van der Waals surface area contributed by atoms with Gasteiger partial charge in [0.2, 0.25) is 5.88 Å². The predicted octanol–water partition coefficient (Wildman–Crippen LogP) is 3.07. The van der Waals surface area contributed by atoms with Crippen molar-refractivity contribution in [2.24, 2.45) is 0 Å². The van der Waals surface area contributed by atoms with Crippen LogP contribution >= 0.6 is 0 Å². The molecule has 154 valence electrons. The fraction of sp³-hybridized carbons (Fsp3) is 0.333. The van der Waals surface area contributed by atoms with Crippen LogP contribution in [0.5, 0.6) is 5.88 Å². The van der Waals surface area contributed by atoms with Crippen LogP contribution in [0.3, 0.4) is 0 Å². The third kappa shape index (κ3) is 3.12. The summed E-state index contributed by atoms with van der Waals surface area (Å²) < 4.78 is 12.2. The third-order valence-corrected chi connectivity index (χ3v) is 5.36. The Bertz CT molecular complexity index is 1060. The van der Waals surface area contributed by atoms with E-state index in [0.717, 1.165) is 18.4 Å². The van der Waals surface area contributed by atoms with Crippen molar-refractivity contribution in [3.8, 4) is 17.3 Å². The molecule has 5 rings (SSSR count). The fourth-order valence-corrected chi connectivity index (χ4v) is 3.89. The van der Waals surface area contributed by atoms with Crippen molar-refractivity contribution in [1.29, 1.82) is 0 Å². The molecule has 0 spiro atoms. The second kappa shape index (κ2) is 7.33. The molecule has 0 radical (unpaired) electrons. The number of rotatable bonds is 1. The largest absolute Gasteiger partial charge is 0.489 e. The number of carbonyl (C=O) groups is 1. The van der Waals surface area contributed by atoms with Crippen molar-refractivity contribution < 1.29 is 14.3 Å². The molecule has 2 atom stereocenters. The van der Waals surface area contributed by atoms with Crippen LogP contribution in [0.4, 0.5) is 10.6 Å². The lowest BCUT2D eigenvalue weighted by Gasteiger charge is -2.24. The first-order chi connectivity index (χ1) is 14.6. The summed E-state index contributed by atoms with van der Waals surface area (Å²) in [7, 11) is 0. The van der Waals surface area contributed by atoms with Crippen molar-refractivity contribution >= 4 is 11.8 Å². The number of carbonyl (C=O) groups excluding carboxylic acids is 1. The van der Waals surface area contributed by atoms with E-state index in [1.165, 1.54) is 6.33 Å². The fourth-order valence-electron chi connectivity index (χ4n) is 3.89. The average molecular weight is 406 g/mol. The van der Waals surface area contributed by atoms with Crippen LogP contribution in [-0.4, -0.2) is 44.9 Å². The van der Waals surface area contributed by atoms with E-state index in [1.807, 2.05) is 25.1 Å². The number of ether oxygens (including phenoxy) is 2. The maximum absolute atomic E-state index is 13.0. The van der Waals surface area contributed by atoms with Gasteiger partial charge in [0.05, 0.1) is 30.0 Å². The molecule has 9 nitrogen and oxygen atoms in total. The minimum Gasteiger partial charge on any atom is -0.489 e. The van der Waals surface area contributed by atoms with Crippen molar-refractivity contribution in [2.75, 3.05) is 11.5 Å². The average Bonchev–Trinajstić information content (AvgIpc) is 3.34. The number of pyridine rings is 1. The van der Waals surface area contributed by atoms with Crippen LogP contribution in [0.2, 0.25) is 0 Å². The number of H-pyrrole nitrogens is 1. The first-order valence-electron chi connectivity index (χ1n) is 9.97. The summed E-state index contributed by atoms with van der Waals surface area (Å²) in [5, 5.41) is 10.9. The number of nitrogens with zero attached hydrogens (tertiary/aromatic N) is 4. The van der Waals surface area contributed by atoms with E-state index in [0.29, 0.717) is 47.6 Å². The second-order valence-corrected chi connectivity index (χ2v) is 7.51.